The molecular formula is C19H20N2O3. The van der Waals surface area contributed by atoms with Crippen molar-refractivity contribution in [2.24, 2.45) is 0 Å². The third kappa shape index (κ3) is 2.93. The van der Waals surface area contributed by atoms with Crippen LogP contribution in [0.25, 0.3) is 10.9 Å². The highest BCUT2D eigenvalue weighted by Gasteiger charge is 2.11. The van der Waals surface area contributed by atoms with Crippen molar-refractivity contribution in [3.63, 3.8) is 0 Å². The maximum absolute atomic E-state index is 5.41. The van der Waals surface area contributed by atoms with Crippen molar-refractivity contribution in [2.75, 3.05) is 26.6 Å². The van der Waals surface area contributed by atoms with Gasteiger partial charge in [0.1, 0.15) is 5.75 Å². The average Bonchev–Trinajstić information content (AvgIpc) is 2.62. The molecule has 0 saturated carbocycles. The summed E-state index contributed by atoms with van der Waals surface area (Å²) in [6.07, 6.45) is 1.77. The molecular weight excluding hydrogens is 304 g/mol. The zero-order valence-electron chi connectivity index (χ0n) is 14.2. The van der Waals surface area contributed by atoms with Crippen molar-refractivity contribution in [1.82, 2.24) is 4.98 Å². The maximum atomic E-state index is 5.41. The molecule has 0 aliphatic rings. The molecule has 0 amide bonds. The summed E-state index contributed by atoms with van der Waals surface area (Å²) in [5.41, 5.74) is 3.90. The van der Waals surface area contributed by atoms with Crippen molar-refractivity contribution >= 4 is 22.3 Å². The largest absolute Gasteiger partial charge is 0.497 e. The molecule has 0 fully saturated rings. The van der Waals surface area contributed by atoms with Crippen LogP contribution in [0.1, 0.15) is 5.56 Å². The van der Waals surface area contributed by atoms with Crippen LogP contribution in [0.15, 0.2) is 42.6 Å². The van der Waals surface area contributed by atoms with E-state index in [4.69, 9.17) is 14.2 Å². The van der Waals surface area contributed by atoms with Crippen LogP contribution >= 0.6 is 0 Å². The molecule has 3 aromatic rings. The second-order valence-electron chi connectivity index (χ2n) is 5.39. The number of fused-ring (bicyclic) bond motifs is 1. The Bertz CT molecular complexity index is 878. The second-order valence-corrected chi connectivity index (χ2v) is 5.39. The van der Waals surface area contributed by atoms with E-state index in [2.05, 4.69) is 10.3 Å². The number of benzene rings is 2. The molecule has 124 valence electrons. The van der Waals surface area contributed by atoms with E-state index in [-0.39, 0.29) is 0 Å². The smallest absolute Gasteiger partial charge is 0.162 e. The summed E-state index contributed by atoms with van der Waals surface area (Å²) in [6, 6.07) is 11.7. The Balaban J connectivity index is 2.06. The lowest BCUT2D eigenvalue weighted by Gasteiger charge is -2.14. The molecule has 5 nitrogen and oxygen atoms in total. The van der Waals surface area contributed by atoms with Crippen LogP contribution in [-0.2, 0) is 0 Å². The molecule has 0 atom stereocenters. The van der Waals surface area contributed by atoms with Crippen molar-refractivity contribution < 1.29 is 14.2 Å². The standard InChI is InChI=1S/C19H20N2O3/c1-12-9-13(22-2)5-6-15(12)21-16-7-8-20-17-11-19(24-4)18(23-3)10-14(16)17/h5-11H,1-4H3,(H,20,21). The number of aromatic nitrogens is 1. The Morgan fingerprint density at radius 1 is 0.833 bits per heavy atom. The lowest BCUT2D eigenvalue weighted by Crippen LogP contribution is -1.97. The Morgan fingerprint density at radius 3 is 2.25 bits per heavy atom. The Kier molecular flexibility index (Phi) is 4.42. The molecule has 1 aromatic heterocycles. The predicted octanol–water partition coefficient (Wildman–Crippen LogP) is 4.31. The summed E-state index contributed by atoms with van der Waals surface area (Å²) in [4.78, 5) is 4.42. The molecule has 24 heavy (non-hydrogen) atoms. The topological polar surface area (TPSA) is 52.6 Å². The van der Waals surface area contributed by atoms with Crippen LogP contribution in [0.5, 0.6) is 17.2 Å². The molecule has 2 aromatic carbocycles. The van der Waals surface area contributed by atoms with Crippen LogP contribution in [-0.4, -0.2) is 26.3 Å². The van der Waals surface area contributed by atoms with Gasteiger partial charge in [-0.05, 0) is 42.8 Å². The van der Waals surface area contributed by atoms with Crippen LogP contribution < -0.4 is 19.5 Å². The van der Waals surface area contributed by atoms with Gasteiger partial charge in [0.25, 0.3) is 0 Å². The lowest BCUT2D eigenvalue weighted by atomic mass is 10.1. The molecule has 0 unspecified atom stereocenters. The Morgan fingerprint density at radius 2 is 1.58 bits per heavy atom. The Labute approximate surface area is 141 Å². The number of pyridine rings is 1. The van der Waals surface area contributed by atoms with Gasteiger partial charge in [-0.3, -0.25) is 4.98 Å². The third-order valence-corrected chi connectivity index (χ3v) is 3.95. The SMILES string of the molecule is COc1ccc(Nc2ccnc3cc(OC)c(OC)cc23)c(C)c1. The average molecular weight is 324 g/mol. The van der Waals surface area contributed by atoms with E-state index in [1.807, 2.05) is 43.3 Å². The van der Waals surface area contributed by atoms with Gasteiger partial charge in [0.2, 0.25) is 0 Å². The number of aryl methyl sites for hydroxylation is 1. The van der Waals surface area contributed by atoms with Crippen LogP contribution in [0.4, 0.5) is 11.4 Å². The van der Waals surface area contributed by atoms with Gasteiger partial charge in [0.15, 0.2) is 11.5 Å². The minimum atomic E-state index is 0.662. The van der Waals surface area contributed by atoms with Gasteiger partial charge in [-0.25, -0.2) is 0 Å². The number of ether oxygens (including phenoxy) is 3. The first-order valence-electron chi connectivity index (χ1n) is 7.58. The number of nitrogens with one attached hydrogen (secondary N) is 1. The fourth-order valence-electron chi connectivity index (χ4n) is 2.63. The number of anilines is 2. The number of methoxy groups -OCH3 is 3. The molecule has 1 heterocycles. The van der Waals surface area contributed by atoms with Crippen molar-refractivity contribution in [1.29, 1.82) is 0 Å². The van der Waals surface area contributed by atoms with Crippen LogP contribution in [0, 0.1) is 6.92 Å². The highest BCUT2D eigenvalue weighted by Crippen LogP contribution is 2.35. The van der Waals surface area contributed by atoms with E-state index in [0.29, 0.717) is 11.5 Å². The third-order valence-electron chi connectivity index (χ3n) is 3.95. The number of hydrogen-bond donors (Lipinski definition) is 1. The Hall–Kier alpha value is -2.95. The molecule has 0 radical (unpaired) electrons. The zero-order chi connectivity index (χ0) is 17.1. The summed E-state index contributed by atoms with van der Waals surface area (Å²) in [5, 5.41) is 4.43. The molecule has 5 heteroatoms. The van der Waals surface area contributed by atoms with E-state index in [0.717, 1.165) is 33.6 Å². The summed E-state index contributed by atoms with van der Waals surface area (Å²) in [7, 11) is 4.91. The first-order chi connectivity index (χ1) is 11.7. The van der Waals surface area contributed by atoms with Gasteiger partial charge in [-0.2, -0.15) is 0 Å². The van der Waals surface area contributed by atoms with Crippen molar-refractivity contribution in [3.8, 4) is 17.2 Å². The molecule has 0 saturated heterocycles. The van der Waals surface area contributed by atoms with Crippen molar-refractivity contribution in [2.45, 2.75) is 6.92 Å². The number of rotatable bonds is 5. The lowest BCUT2D eigenvalue weighted by molar-refractivity contribution is 0.356. The van der Waals surface area contributed by atoms with E-state index >= 15 is 0 Å². The van der Waals surface area contributed by atoms with Gasteiger partial charge >= 0.3 is 0 Å². The minimum absolute atomic E-state index is 0.662. The second kappa shape index (κ2) is 6.66. The minimum Gasteiger partial charge on any atom is -0.497 e. The first-order valence-corrected chi connectivity index (χ1v) is 7.58. The predicted molar refractivity (Wildman–Crippen MR) is 95.9 cm³/mol. The van der Waals surface area contributed by atoms with E-state index in [1.165, 1.54) is 0 Å². The normalized spacial score (nSPS) is 10.5. The molecule has 0 aliphatic carbocycles. The van der Waals surface area contributed by atoms with Gasteiger partial charge in [-0.15, -0.1) is 0 Å². The highest BCUT2D eigenvalue weighted by molar-refractivity contribution is 5.95. The highest BCUT2D eigenvalue weighted by atomic mass is 16.5. The maximum Gasteiger partial charge on any atom is 0.162 e. The number of nitrogens with zero attached hydrogens (tertiary/aromatic N) is 1. The fourth-order valence-corrected chi connectivity index (χ4v) is 2.63. The van der Waals surface area contributed by atoms with Gasteiger partial charge in [-0.1, -0.05) is 0 Å². The molecule has 0 bridgehead atoms. The molecule has 1 N–H and O–H groups in total. The summed E-state index contributed by atoms with van der Waals surface area (Å²) in [5.74, 6) is 2.17. The molecule has 0 aliphatic heterocycles. The van der Waals surface area contributed by atoms with E-state index < -0.39 is 0 Å². The van der Waals surface area contributed by atoms with Crippen LogP contribution in [0.3, 0.4) is 0 Å². The molecule has 0 spiro atoms. The molecule has 3 rings (SSSR count). The van der Waals surface area contributed by atoms with Gasteiger partial charge in [0.05, 0.1) is 26.8 Å². The van der Waals surface area contributed by atoms with Gasteiger partial charge in [0, 0.05) is 29.0 Å². The van der Waals surface area contributed by atoms with E-state index in [9.17, 15) is 0 Å². The summed E-state index contributed by atoms with van der Waals surface area (Å²) >= 11 is 0. The monoisotopic (exact) mass is 324 g/mol. The first kappa shape index (κ1) is 15.9. The summed E-state index contributed by atoms with van der Waals surface area (Å²) < 4.78 is 16.0. The summed E-state index contributed by atoms with van der Waals surface area (Å²) in [6.45, 7) is 2.04. The van der Waals surface area contributed by atoms with Gasteiger partial charge < -0.3 is 19.5 Å². The fraction of sp³-hybridized carbons (Fsp3) is 0.211. The van der Waals surface area contributed by atoms with E-state index in [1.54, 1.807) is 27.5 Å². The van der Waals surface area contributed by atoms with Crippen LogP contribution in [0.2, 0.25) is 0 Å². The quantitative estimate of drug-likeness (QED) is 0.758. The number of hydrogen-bond acceptors (Lipinski definition) is 5. The van der Waals surface area contributed by atoms with Crippen molar-refractivity contribution in [3.05, 3.63) is 48.2 Å². The zero-order valence-corrected chi connectivity index (χ0v) is 14.2.